The van der Waals surface area contributed by atoms with Crippen molar-refractivity contribution in [1.29, 1.82) is 0 Å². The minimum absolute atomic E-state index is 0.0246. The number of nitrogens with zero attached hydrogens (tertiary/aromatic N) is 1. The number of ether oxygens (including phenoxy) is 1. The highest BCUT2D eigenvalue weighted by Crippen LogP contribution is 2.35. The Kier molecular flexibility index (Phi) is 19.0. The summed E-state index contributed by atoms with van der Waals surface area (Å²) in [6, 6.07) is 14.9. The van der Waals surface area contributed by atoms with Crippen LogP contribution in [0.25, 0.3) is 10.9 Å². The number of hydrogen-bond donors (Lipinski definition) is 12. The second-order valence-corrected chi connectivity index (χ2v) is 17.1. The number of carbonyl (C=O) groups excluding carboxylic acids is 6. The molecule has 0 saturated carbocycles. The number of fused-ring (bicyclic) bond motifs is 2. The zero-order valence-corrected chi connectivity index (χ0v) is 38.6. The average Bonchev–Trinajstić information content (AvgIpc) is 3.73. The molecule has 69 heavy (non-hydrogen) atoms. The van der Waals surface area contributed by atoms with Gasteiger partial charge >= 0.3 is 5.97 Å². The number of nitrogens with one attached hydrogen (secondary N) is 6. The maximum Gasteiger partial charge on any atom is 0.305 e. The minimum atomic E-state index is -1.71. The highest BCUT2D eigenvalue weighted by atomic mass is 16.5. The van der Waals surface area contributed by atoms with Gasteiger partial charge in [-0.25, -0.2) is 0 Å². The number of aromatic nitrogens is 1. The maximum absolute atomic E-state index is 14.8. The number of aliphatic carboxylic acids is 1. The number of methoxy groups -OCH3 is 1. The summed E-state index contributed by atoms with van der Waals surface area (Å²) in [7, 11) is 1.52. The molecule has 370 valence electrons. The summed E-state index contributed by atoms with van der Waals surface area (Å²) in [6.45, 7) is 0.447. The maximum atomic E-state index is 14.8. The number of rotatable bonds is 26. The van der Waals surface area contributed by atoms with Gasteiger partial charge in [0.05, 0.1) is 19.6 Å². The SMILES string of the molecule is COc1cccc2c1CCC(NC(=O)[C@@H](N)CC(=O)O)(C(=O)N[C@H](Cc1ccccc1)C(=O)N[C@@H](CCCN=C(N)N)C(=O)N[C@@H](Cc1c[nH]c3ccccc13)C(=O)N[C@@H](CCCCN)C(N)=O)C2. The van der Waals surface area contributed by atoms with E-state index in [0.29, 0.717) is 41.8 Å². The molecule has 1 aromatic heterocycles. The molecule has 1 unspecified atom stereocenters. The van der Waals surface area contributed by atoms with Crippen molar-refractivity contribution in [3.8, 4) is 5.75 Å². The lowest BCUT2D eigenvalue weighted by Gasteiger charge is -2.39. The van der Waals surface area contributed by atoms with Crippen molar-refractivity contribution in [3.05, 3.63) is 101 Å². The predicted octanol–water partition coefficient (Wildman–Crippen LogP) is -0.585. The van der Waals surface area contributed by atoms with Gasteiger partial charge in [0.2, 0.25) is 35.4 Å². The Morgan fingerprint density at radius 2 is 1.42 bits per heavy atom. The first-order valence-electron chi connectivity index (χ1n) is 22.8. The van der Waals surface area contributed by atoms with Crippen molar-refractivity contribution in [2.24, 2.45) is 33.7 Å². The van der Waals surface area contributed by atoms with E-state index in [2.05, 4.69) is 36.6 Å². The van der Waals surface area contributed by atoms with Crippen LogP contribution < -0.4 is 60.0 Å². The van der Waals surface area contributed by atoms with E-state index in [4.69, 9.17) is 33.4 Å². The zero-order chi connectivity index (χ0) is 50.1. The topological polar surface area (TPSA) is 367 Å². The van der Waals surface area contributed by atoms with Crippen molar-refractivity contribution in [2.75, 3.05) is 20.2 Å². The van der Waals surface area contributed by atoms with Gasteiger partial charge < -0.3 is 70.1 Å². The summed E-state index contributed by atoms with van der Waals surface area (Å²) >= 11 is 0. The fourth-order valence-electron chi connectivity index (χ4n) is 8.42. The molecular formula is C48H64N12O9. The van der Waals surface area contributed by atoms with Crippen molar-refractivity contribution in [3.63, 3.8) is 0 Å². The molecule has 0 bridgehead atoms. The second-order valence-electron chi connectivity index (χ2n) is 17.1. The van der Waals surface area contributed by atoms with Crippen LogP contribution >= 0.6 is 0 Å². The first-order chi connectivity index (χ1) is 33.0. The number of unbranched alkanes of at least 4 members (excludes halogenated alkanes) is 1. The molecule has 21 nitrogen and oxygen atoms in total. The Balaban J connectivity index is 1.48. The number of carboxylic acid groups (broad SMARTS) is 1. The third kappa shape index (κ3) is 14.7. The summed E-state index contributed by atoms with van der Waals surface area (Å²) in [5.74, 6) is -5.60. The number of amides is 6. The number of aromatic amines is 1. The number of carboxylic acids is 1. The molecule has 3 aromatic carbocycles. The standard InChI is InChI=1S/C48H64N12O9/c1-69-39-18-9-13-29-26-48(20-19-32(29)39,60-42(64)33(50)25-40(61)62)46(68)59-37(23-28-11-3-2-4-12-28)44(66)57-36(17-10-22-54-47(52)53)43(65)58-38(24-30-27-55-34-15-6-5-14-31(30)34)45(67)56-35(41(51)63)16-7-8-21-49/h2-6,9,11-15,18,27,33,35-38,55H,7-8,10,16-17,19-26,49-50H2,1H3,(H2,51,63)(H,56,67)(H,57,66)(H,58,65)(H,59,68)(H,60,64)(H,61,62)(H4,52,53,54)/t33-,35-,36-,37+,38-,48?/m0/s1. The second kappa shape index (κ2) is 25.0. The van der Waals surface area contributed by atoms with E-state index >= 15 is 0 Å². The molecule has 6 atom stereocenters. The van der Waals surface area contributed by atoms with E-state index in [1.165, 1.54) is 7.11 Å². The lowest BCUT2D eigenvalue weighted by Crippen LogP contribution is -2.66. The lowest BCUT2D eigenvalue weighted by molar-refractivity contribution is -0.141. The van der Waals surface area contributed by atoms with Crippen LogP contribution in [0, 0.1) is 0 Å². The number of guanidine groups is 1. The van der Waals surface area contributed by atoms with Crippen molar-refractivity contribution in [1.82, 2.24) is 31.6 Å². The summed E-state index contributed by atoms with van der Waals surface area (Å²) in [5.41, 5.74) is 30.4. The number of para-hydroxylation sites is 1. The largest absolute Gasteiger partial charge is 0.496 e. The van der Waals surface area contributed by atoms with E-state index in [1.807, 2.05) is 24.3 Å². The summed E-state index contributed by atoms with van der Waals surface area (Å²) < 4.78 is 5.57. The predicted molar refractivity (Wildman–Crippen MR) is 258 cm³/mol. The number of benzene rings is 3. The molecule has 1 aliphatic rings. The van der Waals surface area contributed by atoms with Gasteiger partial charge in [-0.05, 0) is 85.9 Å². The Morgan fingerprint density at radius 3 is 2.10 bits per heavy atom. The van der Waals surface area contributed by atoms with E-state index in [-0.39, 0.29) is 63.9 Å². The van der Waals surface area contributed by atoms with Gasteiger partial charge in [-0.2, -0.15) is 0 Å². The van der Waals surface area contributed by atoms with Crippen molar-refractivity contribution >= 4 is 58.3 Å². The Labute approximate surface area is 399 Å². The van der Waals surface area contributed by atoms with Crippen LogP contribution in [-0.4, -0.2) is 113 Å². The molecule has 17 N–H and O–H groups in total. The van der Waals surface area contributed by atoms with Gasteiger partial charge in [0.25, 0.3) is 0 Å². The van der Waals surface area contributed by atoms with Crippen LogP contribution in [0.3, 0.4) is 0 Å². The number of primary amides is 1. The van der Waals surface area contributed by atoms with Gasteiger partial charge in [-0.3, -0.25) is 38.6 Å². The molecule has 4 aromatic rings. The first kappa shape index (κ1) is 52.4. The molecule has 0 saturated heterocycles. The molecule has 0 aliphatic heterocycles. The van der Waals surface area contributed by atoms with Gasteiger partial charge in [0.15, 0.2) is 5.96 Å². The summed E-state index contributed by atoms with van der Waals surface area (Å²) in [4.78, 5) is 103. The van der Waals surface area contributed by atoms with Crippen molar-refractivity contribution in [2.45, 2.75) is 106 Å². The van der Waals surface area contributed by atoms with Gasteiger partial charge in [-0.1, -0.05) is 60.7 Å². The lowest BCUT2D eigenvalue weighted by atomic mass is 9.76. The molecule has 0 radical (unpaired) electrons. The quantitative estimate of drug-likeness (QED) is 0.0213. The Hall–Kier alpha value is -7.52. The average molecular weight is 953 g/mol. The van der Waals surface area contributed by atoms with E-state index < -0.39 is 83.6 Å². The Morgan fingerprint density at radius 1 is 0.768 bits per heavy atom. The van der Waals surface area contributed by atoms with Crippen LogP contribution in [0.5, 0.6) is 5.75 Å². The molecule has 1 heterocycles. The van der Waals surface area contributed by atoms with E-state index in [0.717, 1.165) is 16.5 Å². The number of hydrogen-bond acceptors (Lipinski definition) is 11. The number of aliphatic imine (C=N–C) groups is 1. The van der Waals surface area contributed by atoms with E-state index in [9.17, 15) is 38.7 Å². The summed E-state index contributed by atoms with van der Waals surface area (Å²) in [5, 5.41) is 24.1. The molecule has 6 amide bonds. The smallest absolute Gasteiger partial charge is 0.305 e. The monoisotopic (exact) mass is 952 g/mol. The molecular weight excluding hydrogens is 889 g/mol. The van der Waals surface area contributed by atoms with Gasteiger partial charge in [0.1, 0.15) is 35.5 Å². The number of carbonyl (C=O) groups is 7. The van der Waals surface area contributed by atoms with Crippen LogP contribution in [-0.2, 0) is 59.2 Å². The number of H-pyrrole nitrogens is 1. The third-order valence-electron chi connectivity index (χ3n) is 12.1. The zero-order valence-electron chi connectivity index (χ0n) is 38.6. The fraction of sp³-hybridized carbons (Fsp3) is 0.417. The molecule has 5 rings (SSSR count). The van der Waals surface area contributed by atoms with Crippen LogP contribution in [0.15, 0.2) is 84.0 Å². The van der Waals surface area contributed by atoms with Crippen LogP contribution in [0.2, 0.25) is 0 Å². The van der Waals surface area contributed by atoms with Crippen LogP contribution in [0.1, 0.15) is 67.2 Å². The first-order valence-corrected chi connectivity index (χ1v) is 22.8. The van der Waals surface area contributed by atoms with Crippen molar-refractivity contribution < 1.29 is 43.4 Å². The molecule has 21 heteroatoms. The molecule has 0 spiro atoms. The Bertz CT molecular complexity index is 2480. The third-order valence-corrected chi connectivity index (χ3v) is 12.1. The minimum Gasteiger partial charge on any atom is -0.496 e. The van der Waals surface area contributed by atoms with E-state index in [1.54, 1.807) is 54.7 Å². The molecule has 1 aliphatic carbocycles. The molecule has 0 fully saturated rings. The van der Waals surface area contributed by atoms with Crippen LogP contribution in [0.4, 0.5) is 0 Å². The number of nitrogens with two attached hydrogens (primary N) is 5. The highest BCUT2D eigenvalue weighted by molar-refractivity contribution is 5.99. The fourth-order valence-corrected chi connectivity index (χ4v) is 8.42. The highest BCUT2D eigenvalue weighted by Gasteiger charge is 2.45. The normalized spacial score (nSPS) is 16.3. The summed E-state index contributed by atoms with van der Waals surface area (Å²) in [6.07, 6.45) is 2.58. The van der Waals surface area contributed by atoms with Gasteiger partial charge in [0, 0.05) is 42.9 Å². The van der Waals surface area contributed by atoms with Gasteiger partial charge in [-0.15, -0.1) is 0 Å².